The van der Waals surface area contributed by atoms with E-state index in [1.165, 1.54) is 0 Å². The maximum atomic E-state index is 11.8. The molecule has 3 nitrogen and oxygen atoms in total. The predicted molar refractivity (Wildman–Crippen MR) is 77.5 cm³/mol. The van der Waals surface area contributed by atoms with Gasteiger partial charge in [0.05, 0.1) is 11.1 Å². The Morgan fingerprint density at radius 2 is 1.95 bits per heavy atom. The molecule has 4 heteroatoms. The summed E-state index contributed by atoms with van der Waals surface area (Å²) in [5.41, 5.74) is 2.49. The lowest BCUT2D eigenvalue weighted by Gasteiger charge is -2.06. The topological polar surface area (TPSA) is 45.8 Å². The largest absolute Gasteiger partial charge is 0.272 e. The molecule has 3 rings (SSSR count). The van der Waals surface area contributed by atoms with Gasteiger partial charge < -0.3 is 0 Å². The summed E-state index contributed by atoms with van der Waals surface area (Å²) in [6.45, 7) is 1.96. The van der Waals surface area contributed by atoms with E-state index in [4.69, 9.17) is 11.6 Å². The first-order valence-corrected chi connectivity index (χ1v) is 6.28. The molecule has 1 aromatic heterocycles. The average Bonchev–Trinajstić information content (AvgIpc) is 2.40. The molecule has 0 unspecified atom stereocenters. The Kier molecular flexibility index (Phi) is 2.84. The second-order valence-corrected chi connectivity index (χ2v) is 4.90. The molecule has 2 aromatic carbocycles. The van der Waals surface area contributed by atoms with E-state index in [1.807, 2.05) is 49.4 Å². The van der Waals surface area contributed by atoms with Crippen LogP contribution in [0.25, 0.3) is 22.0 Å². The van der Waals surface area contributed by atoms with Crippen LogP contribution in [0.15, 0.2) is 47.3 Å². The molecule has 0 radical (unpaired) electrons. The summed E-state index contributed by atoms with van der Waals surface area (Å²) in [6.07, 6.45) is 0. The summed E-state index contributed by atoms with van der Waals surface area (Å²) in [4.78, 5) is 11.8. The summed E-state index contributed by atoms with van der Waals surface area (Å²) < 4.78 is 0. The minimum Gasteiger partial charge on any atom is -0.267 e. The number of fused-ring (bicyclic) bond motifs is 1. The van der Waals surface area contributed by atoms with Crippen LogP contribution < -0.4 is 5.56 Å². The van der Waals surface area contributed by atoms with E-state index in [-0.39, 0.29) is 5.56 Å². The van der Waals surface area contributed by atoms with Gasteiger partial charge in [0.15, 0.2) is 0 Å². The number of hydrogen-bond acceptors (Lipinski definition) is 2. The van der Waals surface area contributed by atoms with Crippen molar-refractivity contribution < 1.29 is 0 Å². The third kappa shape index (κ3) is 2.13. The lowest BCUT2D eigenvalue weighted by molar-refractivity contribution is 1.02. The molecule has 0 fully saturated rings. The first kappa shape index (κ1) is 11.9. The van der Waals surface area contributed by atoms with Gasteiger partial charge in [0.1, 0.15) is 0 Å². The molecule has 3 aromatic rings. The van der Waals surface area contributed by atoms with Crippen LogP contribution in [0.5, 0.6) is 0 Å². The van der Waals surface area contributed by atoms with Gasteiger partial charge in [-0.05, 0) is 25.1 Å². The predicted octanol–water partition coefficient (Wildman–Crippen LogP) is 3.55. The number of aromatic amines is 1. The molecule has 0 atom stereocenters. The first-order valence-electron chi connectivity index (χ1n) is 5.90. The number of aryl methyl sites for hydroxylation is 1. The van der Waals surface area contributed by atoms with Crippen LogP contribution in [0, 0.1) is 6.92 Å². The molecule has 0 spiro atoms. The van der Waals surface area contributed by atoms with Crippen LogP contribution in [-0.4, -0.2) is 10.2 Å². The maximum absolute atomic E-state index is 11.8. The van der Waals surface area contributed by atoms with Gasteiger partial charge in [-0.2, -0.15) is 5.10 Å². The number of nitrogens with zero attached hydrogens (tertiary/aromatic N) is 1. The fourth-order valence-corrected chi connectivity index (χ4v) is 2.33. The summed E-state index contributed by atoms with van der Waals surface area (Å²) in [7, 11) is 0. The van der Waals surface area contributed by atoms with E-state index in [0.29, 0.717) is 10.4 Å². The van der Waals surface area contributed by atoms with Crippen LogP contribution in [0.4, 0.5) is 0 Å². The zero-order valence-electron chi connectivity index (χ0n) is 10.3. The molecular weight excluding hydrogens is 260 g/mol. The van der Waals surface area contributed by atoms with Crippen LogP contribution in [0.1, 0.15) is 5.56 Å². The molecule has 0 saturated carbocycles. The van der Waals surface area contributed by atoms with Gasteiger partial charge in [0.25, 0.3) is 5.56 Å². The van der Waals surface area contributed by atoms with Gasteiger partial charge >= 0.3 is 0 Å². The van der Waals surface area contributed by atoms with Crippen LogP contribution in [-0.2, 0) is 0 Å². The Bertz CT molecular complexity index is 824. The van der Waals surface area contributed by atoms with Crippen LogP contribution in [0.3, 0.4) is 0 Å². The Labute approximate surface area is 114 Å². The molecule has 1 N–H and O–H groups in total. The molecule has 0 amide bonds. The quantitative estimate of drug-likeness (QED) is 0.735. The Morgan fingerprint density at radius 3 is 2.74 bits per heavy atom. The molecule has 0 aliphatic heterocycles. The Morgan fingerprint density at radius 1 is 1.11 bits per heavy atom. The van der Waals surface area contributed by atoms with Crippen molar-refractivity contribution in [2.45, 2.75) is 6.92 Å². The van der Waals surface area contributed by atoms with Gasteiger partial charge in [-0.3, -0.25) is 4.79 Å². The van der Waals surface area contributed by atoms with Gasteiger partial charge in [-0.1, -0.05) is 41.4 Å². The zero-order chi connectivity index (χ0) is 13.4. The van der Waals surface area contributed by atoms with Crippen molar-refractivity contribution in [3.8, 4) is 11.3 Å². The highest BCUT2D eigenvalue weighted by Gasteiger charge is 2.09. The van der Waals surface area contributed by atoms with E-state index in [1.54, 1.807) is 0 Å². The number of rotatable bonds is 1. The standard InChI is InChI=1S/C15H11ClN2O/c1-9-5-6-12-13(7-9)15(19)18-17-14(12)10-3-2-4-11(16)8-10/h2-8H,1H3,(H,18,19). The molecule has 0 aliphatic carbocycles. The monoisotopic (exact) mass is 270 g/mol. The zero-order valence-corrected chi connectivity index (χ0v) is 11.0. The van der Waals surface area contributed by atoms with E-state index in [9.17, 15) is 4.79 Å². The smallest absolute Gasteiger partial charge is 0.267 e. The third-order valence-corrected chi connectivity index (χ3v) is 3.28. The second-order valence-electron chi connectivity index (χ2n) is 4.46. The minimum absolute atomic E-state index is 0.176. The molecular formula is C15H11ClN2O. The number of H-pyrrole nitrogens is 1. The summed E-state index contributed by atoms with van der Waals surface area (Å²) in [5.74, 6) is 0. The number of nitrogens with one attached hydrogen (secondary N) is 1. The van der Waals surface area contributed by atoms with Crippen LogP contribution >= 0.6 is 11.6 Å². The van der Waals surface area contributed by atoms with E-state index < -0.39 is 0 Å². The summed E-state index contributed by atoms with van der Waals surface area (Å²) in [6, 6.07) is 13.2. The van der Waals surface area contributed by atoms with E-state index in [2.05, 4.69) is 10.2 Å². The SMILES string of the molecule is Cc1ccc2c(-c3cccc(Cl)c3)n[nH]c(=O)c2c1. The highest BCUT2D eigenvalue weighted by Crippen LogP contribution is 2.26. The molecule has 19 heavy (non-hydrogen) atoms. The van der Waals surface area contributed by atoms with Crippen molar-refractivity contribution >= 4 is 22.4 Å². The molecule has 0 saturated heterocycles. The number of benzene rings is 2. The van der Waals surface area contributed by atoms with E-state index in [0.717, 1.165) is 22.2 Å². The fourth-order valence-electron chi connectivity index (χ4n) is 2.14. The third-order valence-electron chi connectivity index (χ3n) is 3.04. The normalized spacial score (nSPS) is 10.8. The number of hydrogen-bond donors (Lipinski definition) is 1. The molecule has 94 valence electrons. The van der Waals surface area contributed by atoms with E-state index >= 15 is 0 Å². The lowest BCUT2D eigenvalue weighted by Crippen LogP contribution is -2.09. The van der Waals surface area contributed by atoms with Crippen molar-refractivity contribution in [1.29, 1.82) is 0 Å². The average molecular weight is 271 g/mol. The highest BCUT2D eigenvalue weighted by molar-refractivity contribution is 6.30. The second kappa shape index (κ2) is 4.52. The Hall–Kier alpha value is -2.13. The van der Waals surface area contributed by atoms with Crippen molar-refractivity contribution in [1.82, 2.24) is 10.2 Å². The molecule has 1 heterocycles. The first-order chi connectivity index (χ1) is 9.15. The molecule has 0 aliphatic rings. The maximum Gasteiger partial charge on any atom is 0.272 e. The molecule has 0 bridgehead atoms. The number of aromatic nitrogens is 2. The van der Waals surface area contributed by atoms with Gasteiger partial charge in [-0.25, -0.2) is 5.10 Å². The van der Waals surface area contributed by atoms with Crippen molar-refractivity contribution in [3.63, 3.8) is 0 Å². The van der Waals surface area contributed by atoms with Crippen molar-refractivity contribution in [2.75, 3.05) is 0 Å². The van der Waals surface area contributed by atoms with Crippen molar-refractivity contribution in [2.24, 2.45) is 0 Å². The fraction of sp³-hybridized carbons (Fsp3) is 0.0667. The lowest BCUT2D eigenvalue weighted by atomic mass is 10.0. The summed E-state index contributed by atoms with van der Waals surface area (Å²) >= 11 is 6.00. The van der Waals surface area contributed by atoms with Gasteiger partial charge in [0.2, 0.25) is 0 Å². The van der Waals surface area contributed by atoms with Crippen LogP contribution in [0.2, 0.25) is 5.02 Å². The van der Waals surface area contributed by atoms with Gasteiger partial charge in [0, 0.05) is 16.0 Å². The number of halogens is 1. The van der Waals surface area contributed by atoms with Crippen molar-refractivity contribution in [3.05, 3.63) is 63.4 Å². The Balaban J connectivity index is 2.37. The highest BCUT2D eigenvalue weighted by atomic mass is 35.5. The summed E-state index contributed by atoms with van der Waals surface area (Å²) in [5, 5.41) is 8.81. The van der Waals surface area contributed by atoms with Gasteiger partial charge in [-0.15, -0.1) is 0 Å². The minimum atomic E-state index is -0.176.